The van der Waals surface area contributed by atoms with Crippen LogP contribution in [-0.4, -0.2) is 29.0 Å². The molecule has 4 atom stereocenters. The Balaban J connectivity index is 2.13. The number of rotatable bonds is 5. The Morgan fingerprint density at radius 2 is 1.69 bits per heavy atom. The molecule has 32 heavy (non-hydrogen) atoms. The Hall–Kier alpha value is -2.75. The third kappa shape index (κ3) is 4.28. The molecular weight excluding hydrogens is 442 g/mol. The fraction of sp³-hybridized carbons (Fsp3) is 0.409. The monoisotopic (exact) mass is 462 g/mol. The van der Waals surface area contributed by atoms with E-state index in [4.69, 9.17) is 9.47 Å². The van der Waals surface area contributed by atoms with E-state index in [1.165, 1.54) is 0 Å². The molecule has 0 saturated carbocycles. The summed E-state index contributed by atoms with van der Waals surface area (Å²) in [6.07, 6.45) is -11.8. The number of para-hydroxylation sites is 1. The number of aliphatic carboxylic acids is 1. The van der Waals surface area contributed by atoms with E-state index in [-0.39, 0.29) is 12.2 Å². The molecule has 0 radical (unpaired) electrons. The van der Waals surface area contributed by atoms with Crippen LogP contribution in [0.1, 0.15) is 36.5 Å². The lowest BCUT2D eigenvalue weighted by molar-refractivity contribution is -0.273. The number of benzene rings is 2. The number of carboxylic acid groups (broad SMARTS) is 1. The van der Waals surface area contributed by atoms with Crippen LogP contribution in [0.2, 0.25) is 0 Å². The molecule has 0 aromatic heterocycles. The molecule has 1 heterocycles. The number of carboxylic acids is 1. The van der Waals surface area contributed by atoms with Gasteiger partial charge in [-0.15, -0.1) is 0 Å². The molecule has 2 aromatic rings. The smallest absolute Gasteiger partial charge is 0.419 e. The predicted molar refractivity (Wildman–Crippen MR) is 101 cm³/mol. The fourth-order valence-corrected chi connectivity index (χ4v) is 3.94. The maximum Gasteiger partial charge on any atom is 0.419 e. The van der Waals surface area contributed by atoms with Gasteiger partial charge in [0.15, 0.2) is 11.7 Å². The van der Waals surface area contributed by atoms with Gasteiger partial charge in [0.2, 0.25) is 0 Å². The average Bonchev–Trinajstić information content (AvgIpc) is 2.98. The number of alkyl halides is 6. The van der Waals surface area contributed by atoms with Gasteiger partial charge in [-0.3, -0.25) is 0 Å². The molecule has 10 heteroatoms. The largest absolute Gasteiger partial charge is 0.488 e. The third-order valence-electron chi connectivity index (χ3n) is 5.85. The summed E-state index contributed by atoms with van der Waals surface area (Å²) in [4.78, 5) is 11.8. The average molecular weight is 462 g/mol. The van der Waals surface area contributed by atoms with Gasteiger partial charge in [-0.25, -0.2) is 4.79 Å². The van der Waals surface area contributed by atoms with E-state index >= 15 is 0 Å². The van der Waals surface area contributed by atoms with Crippen molar-refractivity contribution in [1.82, 2.24) is 0 Å². The van der Waals surface area contributed by atoms with Gasteiger partial charge in [-0.1, -0.05) is 49.4 Å². The van der Waals surface area contributed by atoms with Crippen LogP contribution in [0.15, 0.2) is 48.5 Å². The Kier molecular flexibility index (Phi) is 6.21. The van der Waals surface area contributed by atoms with Crippen molar-refractivity contribution < 1.29 is 45.7 Å². The molecule has 1 N–H and O–H groups in total. The topological polar surface area (TPSA) is 55.8 Å². The highest BCUT2D eigenvalue weighted by molar-refractivity contribution is 5.75. The van der Waals surface area contributed by atoms with E-state index < -0.39 is 53.2 Å². The molecule has 3 rings (SSSR count). The second-order valence-corrected chi connectivity index (χ2v) is 7.79. The molecule has 3 unspecified atom stereocenters. The minimum atomic E-state index is -4.94. The van der Waals surface area contributed by atoms with E-state index in [0.29, 0.717) is 12.5 Å². The van der Waals surface area contributed by atoms with E-state index in [1.54, 1.807) is 30.3 Å². The van der Waals surface area contributed by atoms with Crippen molar-refractivity contribution in [3.8, 4) is 5.75 Å². The maximum atomic E-state index is 13.7. The van der Waals surface area contributed by atoms with Gasteiger partial charge < -0.3 is 14.6 Å². The first-order valence-corrected chi connectivity index (χ1v) is 9.61. The number of carbonyl (C=O) groups is 1. The molecule has 1 saturated heterocycles. The summed E-state index contributed by atoms with van der Waals surface area (Å²) >= 11 is 0. The number of hydrogen-bond acceptors (Lipinski definition) is 3. The summed E-state index contributed by atoms with van der Waals surface area (Å²) in [5.74, 6) is -5.46. The summed E-state index contributed by atoms with van der Waals surface area (Å²) in [6.45, 7) is 1.52. The molecule has 2 aromatic carbocycles. The summed E-state index contributed by atoms with van der Waals surface area (Å²) in [5.41, 5.74) is -3.85. The van der Waals surface area contributed by atoms with E-state index in [9.17, 15) is 36.2 Å². The standard InChI is InChI=1S/C22H20F6O4/c1-12-16(18(19(29)30)32-20(12,2)22(26,27)28)14-9-6-10-15(21(23,24)25)17(14)31-11-13-7-4-3-5-8-13/h3-10,12,16,18H,11H2,1-2H3,(H,29,30)/t12?,16?,18-,20?/m1/s1. The molecule has 0 bridgehead atoms. The van der Waals surface area contributed by atoms with Crippen LogP contribution in [0.5, 0.6) is 5.75 Å². The zero-order valence-corrected chi connectivity index (χ0v) is 17.0. The highest BCUT2D eigenvalue weighted by Gasteiger charge is 2.66. The van der Waals surface area contributed by atoms with Crippen LogP contribution in [0.4, 0.5) is 26.3 Å². The molecule has 0 spiro atoms. The zero-order chi connectivity index (χ0) is 23.9. The first-order chi connectivity index (χ1) is 14.8. The molecule has 4 nitrogen and oxygen atoms in total. The predicted octanol–water partition coefficient (Wildman–Crippen LogP) is 5.81. The normalized spacial score (nSPS) is 26.2. The van der Waals surface area contributed by atoms with Crippen LogP contribution >= 0.6 is 0 Å². The molecular formula is C22H20F6O4. The number of halogens is 6. The van der Waals surface area contributed by atoms with Gasteiger partial charge in [-0.05, 0) is 18.6 Å². The van der Waals surface area contributed by atoms with Gasteiger partial charge in [0.25, 0.3) is 0 Å². The van der Waals surface area contributed by atoms with Crippen molar-refractivity contribution >= 4 is 5.97 Å². The Bertz CT molecular complexity index is 973. The molecule has 1 fully saturated rings. The van der Waals surface area contributed by atoms with Crippen molar-refractivity contribution in [2.75, 3.05) is 0 Å². The SMILES string of the molecule is CC1C(c2cccc(C(F)(F)F)c2OCc2ccccc2)[C@H](C(=O)O)OC1(C)C(F)(F)F. The van der Waals surface area contributed by atoms with Gasteiger partial charge in [0.05, 0.1) is 5.56 Å². The van der Waals surface area contributed by atoms with Crippen LogP contribution in [-0.2, 0) is 22.3 Å². The number of hydrogen-bond donors (Lipinski definition) is 1. The summed E-state index contributed by atoms with van der Waals surface area (Å²) in [5, 5.41) is 9.53. The number of ether oxygens (including phenoxy) is 2. The molecule has 1 aliphatic rings. The molecule has 1 aliphatic heterocycles. The van der Waals surface area contributed by atoms with Gasteiger partial charge in [0, 0.05) is 17.4 Å². The first kappa shape index (κ1) is 23.9. The lowest BCUT2D eigenvalue weighted by atomic mass is 9.76. The minimum absolute atomic E-state index is 0.294. The van der Waals surface area contributed by atoms with Gasteiger partial charge >= 0.3 is 18.3 Å². The summed E-state index contributed by atoms with van der Waals surface area (Å²) in [7, 11) is 0. The van der Waals surface area contributed by atoms with Crippen LogP contribution in [0.3, 0.4) is 0 Å². The zero-order valence-electron chi connectivity index (χ0n) is 17.0. The quantitative estimate of drug-likeness (QED) is 0.570. The molecule has 0 amide bonds. The van der Waals surface area contributed by atoms with E-state index in [2.05, 4.69) is 0 Å². The highest BCUT2D eigenvalue weighted by Crippen LogP contribution is 2.55. The maximum absolute atomic E-state index is 13.7. The highest BCUT2D eigenvalue weighted by atomic mass is 19.4. The Morgan fingerprint density at radius 3 is 2.22 bits per heavy atom. The van der Waals surface area contributed by atoms with Crippen LogP contribution in [0.25, 0.3) is 0 Å². The Labute approximate surface area is 179 Å². The third-order valence-corrected chi connectivity index (χ3v) is 5.85. The van der Waals surface area contributed by atoms with Crippen molar-refractivity contribution in [3.63, 3.8) is 0 Å². The van der Waals surface area contributed by atoms with Crippen molar-refractivity contribution in [1.29, 1.82) is 0 Å². The van der Waals surface area contributed by atoms with Gasteiger partial charge in [-0.2, -0.15) is 26.3 Å². The molecule has 0 aliphatic carbocycles. The van der Waals surface area contributed by atoms with E-state index in [1.807, 2.05) is 0 Å². The van der Waals surface area contributed by atoms with Gasteiger partial charge in [0.1, 0.15) is 12.4 Å². The van der Waals surface area contributed by atoms with Crippen LogP contribution in [0, 0.1) is 5.92 Å². The van der Waals surface area contributed by atoms with Crippen molar-refractivity contribution in [2.24, 2.45) is 5.92 Å². The fourth-order valence-electron chi connectivity index (χ4n) is 3.94. The summed E-state index contributed by atoms with van der Waals surface area (Å²) in [6, 6.07) is 11.1. The lowest BCUT2D eigenvalue weighted by Crippen LogP contribution is -2.47. The van der Waals surface area contributed by atoms with Crippen LogP contribution < -0.4 is 4.74 Å². The van der Waals surface area contributed by atoms with Crippen molar-refractivity contribution in [2.45, 2.75) is 50.4 Å². The summed E-state index contributed by atoms with van der Waals surface area (Å²) < 4.78 is 92.8. The Morgan fingerprint density at radius 1 is 1.06 bits per heavy atom. The minimum Gasteiger partial charge on any atom is -0.488 e. The second-order valence-electron chi connectivity index (χ2n) is 7.79. The first-order valence-electron chi connectivity index (χ1n) is 9.61. The molecule has 174 valence electrons. The lowest BCUT2D eigenvalue weighted by Gasteiger charge is -2.32. The van der Waals surface area contributed by atoms with E-state index in [0.717, 1.165) is 25.1 Å². The van der Waals surface area contributed by atoms with Crippen molar-refractivity contribution in [3.05, 3.63) is 65.2 Å². The second kappa shape index (κ2) is 8.31.